The van der Waals surface area contributed by atoms with Gasteiger partial charge in [-0.2, -0.15) is 4.31 Å². The van der Waals surface area contributed by atoms with E-state index in [0.29, 0.717) is 43.1 Å². The molecule has 0 spiro atoms. The molecular formula is C33H36ClFN4O3S. The van der Waals surface area contributed by atoms with E-state index in [1.807, 2.05) is 73.3 Å². The summed E-state index contributed by atoms with van der Waals surface area (Å²) in [4.78, 5) is 24.6. The molecule has 1 aliphatic heterocycles. The third kappa shape index (κ3) is 6.69. The van der Waals surface area contributed by atoms with Gasteiger partial charge in [-0.1, -0.05) is 54.1 Å². The molecule has 0 bridgehead atoms. The van der Waals surface area contributed by atoms with Crippen LogP contribution in [0.15, 0.2) is 96.2 Å². The molecule has 7 nitrogen and oxygen atoms in total. The first-order valence-corrected chi connectivity index (χ1v) is 16.2. The molecule has 1 amide bonds. The Hall–Kier alpha value is -3.53. The summed E-state index contributed by atoms with van der Waals surface area (Å²) in [5.41, 5.74) is 0.447. The van der Waals surface area contributed by atoms with Crippen molar-refractivity contribution < 1.29 is 17.6 Å². The van der Waals surface area contributed by atoms with E-state index in [4.69, 9.17) is 11.6 Å². The average Bonchev–Trinajstić information content (AvgIpc) is 3.55. The summed E-state index contributed by atoms with van der Waals surface area (Å²) >= 11 is 6.11. The smallest absolute Gasteiger partial charge is 0.243 e. The fraction of sp³-hybridized carbons (Fsp3) is 0.333. The molecule has 10 heteroatoms. The minimum atomic E-state index is -3.85. The molecule has 0 atom stereocenters. The van der Waals surface area contributed by atoms with Gasteiger partial charge in [-0.05, 0) is 87.1 Å². The lowest BCUT2D eigenvalue weighted by Crippen LogP contribution is -2.57. The number of aromatic amines is 1. The van der Waals surface area contributed by atoms with Gasteiger partial charge in [-0.3, -0.25) is 4.79 Å². The topological polar surface area (TPSA) is 86.4 Å². The highest BCUT2D eigenvalue weighted by Gasteiger charge is 2.49. The highest BCUT2D eigenvalue weighted by atomic mass is 35.5. The zero-order valence-corrected chi connectivity index (χ0v) is 25.9. The van der Waals surface area contributed by atoms with Crippen LogP contribution in [0.3, 0.4) is 0 Å². The predicted molar refractivity (Wildman–Crippen MR) is 165 cm³/mol. The van der Waals surface area contributed by atoms with Crippen molar-refractivity contribution in [1.29, 1.82) is 0 Å². The molecule has 2 heterocycles. The second kappa shape index (κ2) is 12.6. The van der Waals surface area contributed by atoms with Crippen molar-refractivity contribution in [2.45, 2.75) is 50.0 Å². The first kappa shape index (κ1) is 30.9. The zero-order chi connectivity index (χ0) is 30.7. The maximum Gasteiger partial charge on any atom is 0.243 e. The summed E-state index contributed by atoms with van der Waals surface area (Å²) in [5, 5.41) is 0.650. The highest BCUT2D eigenvalue weighted by Crippen LogP contribution is 2.41. The third-order valence-corrected chi connectivity index (χ3v) is 10.7. The van der Waals surface area contributed by atoms with Gasteiger partial charge in [0.15, 0.2) is 0 Å². The average molecular weight is 623 g/mol. The molecule has 1 aromatic heterocycles. The van der Waals surface area contributed by atoms with Gasteiger partial charge in [0, 0.05) is 37.1 Å². The van der Waals surface area contributed by atoms with Crippen molar-refractivity contribution in [2.24, 2.45) is 5.41 Å². The predicted octanol–water partition coefficient (Wildman–Crippen LogP) is 6.22. The maximum absolute atomic E-state index is 15.0. The molecule has 0 aliphatic carbocycles. The number of aromatic nitrogens is 2. The first-order chi connectivity index (χ1) is 20.5. The van der Waals surface area contributed by atoms with E-state index in [-0.39, 0.29) is 23.9 Å². The van der Waals surface area contributed by atoms with E-state index in [9.17, 15) is 17.6 Å². The van der Waals surface area contributed by atoms with Gasteiger partial charge in [-0.25, -0.2) is 17.8 Å². The Balaban J connectivity index is 1.48. The number of hydrogen-bond acceptors (Lipinski definition) is 4. The van der Waals surface area contributed by atoms with Crippen LogP contribution in [0.5, 0.6) is 0 Å². The normalized spacial score (nSPS) is 15.7. The highest BCUT2D eigenvalue weighted by molar-refractivity contribution is 7.89. The summed E-state index contributed by atoms with van der Waals surface area (Å²) in [6.45, 7) is 4.74. The van der Waals surface area contributed by atoms with Crippen molar-refractivity contribution >= 4 is 27.5 Å². The summed E-state index contributed by atoms with van der Waals surface area (Å²) in [6.07, 6.45) is 5.19. The number of piperidine rings is 1. The second-order valence-electron chi connectivity index (χ2n) is 11.6. The molecule has 1 N–H and O–H groups in total. The number of rotatable bonds is 10. The fourth-order valence-electron chi connectivity index (χ4n) is 5.90. The second-order valence-corrected chi connectivity index (χ2v) is 14.0. The fourth-order valence-corrected chi connectivity index (χ4v) is 7.47. The summed E-state index contributed by atoms with van der Waals surface area (Å²) < 4.78 is 41.8. The van der Waals surface area contributed by atoms with Crippen molar-refractivity contribution in [3.05, 3.63) is 119 Å². The minimum absolute atomic E-state index is 0.0365. The number of nitrogens with one attached hydrogen (secondary N) is 1. The van der Waals surface area contributed by atoms with Gasteiger partial charge in [0.2, 0.25) is 15.9 Å². The Morgan fingerprint density at radius 1 is 1.00 bits per heavy atom. The monoisotopic (exact) mass is 622 g/mol. The number of carbonyl (C=O) groups excluding carboxylic acids is 1. The Labute approximate surface area is 257 Å². The van der Waals surface area contributed by atoms with E-state index in [0.717, 1.165) is 23.3 Å². The Morgan fingerprint density at radius 3 is 2.26 bits per heavy atom. The number of benzene rings is 3. The molecule has 1 fully saturated rings. The molecule has 43 heavy (non-hydrogen) atoms. The molecule has 1 aliphatic rings. The molecule has 5 rings (SSSR count). The SMILES string of the molecule is CC(C)(c1ncc[nH]1)N(CCc1ccc(Cl)cc1)C(=O)C1(Cc2ccccc2)CCN(S(=O)(=O)c2ccc(F)cc2)CC1. The van der Waals surface area contributed by atoms with E-state index >= 15 is 0 Å². The number of halogens is 2. The van der Waals surface area contributed by atoms with Crippen LogP contribution in [0.2, 0.25) is 5.02 Å². The number of hydrogen-bond donors (Lipinski definition) is 1. The van der Waals surface area contributed by atoms with E-state index in [2.05, 4.69) is 9.97 Å². The van der Waals surface area contributed by atoms with Crippen molar-refractivity contribution in [2.75, 3.05) is 19.6 Å². The number of H-pyrrole nitrogens is 1. The number of amides is 1. The standard InChI is InChI=1S/C33H36ClFN4O3S/c1-32(2,30-36-19-20-37-30)39(21-16-25-8-10-27(34)11-9-25)31(40)33(24-26-6-4-3-5-7-26)17-22-38(23-18-33)43(41,42)29-14-12-28(35)13-15-29/h3-15,19-20H,16-18,21-24H2,1-2H3,(H,36,37). The van der Waals surface area contributed by atoms with Gasteiger partial charge in [0.1, 0.15) is 11.6 Å². The van der Waals surface area contributed by atoms with Gasteiger partial charge >= 0.3 is 0 Å². The summed E-state index contributed by atoms with van der Waals surface area (Å²) in [7, 11) is -3.85. The van der Waals surface area contributed by atoms with Crippen molar-refractivity contribution in [3.8, 4) is 0 Å². The van der Waals surface area contributed by atoms with Gasteiger partial charge in [-0.15, -0.1) is 0 Å². The molecule has 3 aromatic carbocycles. The van der Waals surface area contributed by atoms with Crippen LogP contribution in [0, 0.1) is 11.2 Å². The van der Waals surface area contributed by atoms with Gasteiger partial charge in [0.25, 0.3) is 0 Å². The van der Waals surface area contributed by atoms with Crippen LogP contribution in [-0.4, -0.2) is 53.1 Å². The largest absolute Gasteiger partial charge is 0.347 e. The van der Waals surface area contributed by atoms with Crippen LogP contribution in [-0.2, 0) is 33.2 Å². The van der Waals surface area contributed by atoms with Crippen LogP contribution >= 0.6 is 11.6 Å². The van der Waals surface area contributed by atoms with Crippen LogP contribution < -0.4 is 0 Å². The van der Waals surface area contributed by atoms with Gasteiger partial charge < -0.3 is 9.88 Å². The molecule has 4 aromatic rings. The minimum Gasteiger partial charge on any atom is -0.347 e. The van der Waals surface area contributed by atoms with E-state index < -0.39 is 26.8 Å². The third-order valence-electron chi connectivity index (χ3n) is 8.50. The molecule has 0 unspecified atom stereocenters. The lowest BCUT2D eigenvalue weighted by Gasteiger charge is -2.47. The molecule has 226 valence electrons. The summed E-state index contributed by atoms with van der Waals surface area (Å²) in [6, 6.07) is 22.3. The Morgan fingerprint density at radius 2 is 1.65 bits per heavy atom. The first-order valence-electron chi connectivity index (χ1n) is 14.4. The van der Waals surface area contributed by atoms with Crippen LogP contribution in [0.4, 0.5) is 4.39 Å². The molecule has 0 saturated carbocycles. The number of nitrogens with zero attached hydrogens (tertiary/aromatic N) is 3. The van der Waals surface area contributed by atoms with Crippen molar-refractivity contribution in [1.82, 2.24) is 19.2 Å². The van der Waals surface area contributed by atoms with E-state index in [1.54, 1.807) is 12.4 Å². The van der Waals surface area contributed by atoms with Crippen molar-refractivity contribution in [3.63, 3.8) is 0 Å². The van der Waals surface area contributed by atoms with Crippen LogP contribution in [0.25, 0.3) is 0 Å². The Bertz CT molecular complexity index is 1620. The number of carbonyl (C=O) groups is 1. The number of imidazole rings is 1. The lowest BCUT2D eigenvalue weighted by molar-refractivity contribution is -0.151. The maximum atomic E-state index is 15.0. The Kier molecular flexibility index (Phi) is 9.06. The quantitative estimate of drug-likeness (QED) is 0.227. The summed E-state index contributed by atoms with van der Waals surface area (Å²) in [5.74, 6) is 0.136. The van der Waals surface area contributed by atoms with E-state index in [1.165, 1.54) is 16.4 Å². The van der Waals surface area contributed by atoms with Gasteiger partial charge in [0.05, 0.1) is 15.8 Å². The lowest BCUT2D eigenvalue weighted by atomic mass is 9.72. The molecule has 1 saturated heterocycles. The zero-order valence-electron chi connectivity index (χ0n) is 24.3. The van der Waals surface area contributed by atoms with Crippen LogP contribution in [0.1, 0.15) is 43.6 Å². The molecule has 0 radical (unpaired) electrons. The number of sulfonamides is 1. The molecular weight excluding hydrogens is 587 g/mol.